The van der Waals surface area contributed by atoms with Gasteiger partial charge in [-0.25, -0.2) is 9.18 Å². The summed E-state index contributed by atoms with van der Waals surface area (Å²) in [6, 6.07) is 1.41. The fraction of sp³-hybridized carbons (Fsp3) is 0.500. The van der Waals surface area contributed by atoms with Crippen LogP contribution in [0.3, 0.4) is 0 Å². The first-order valence-electron chi connectivity index (χ1n) is 5.46. The lowest BCUT2D eigenvalue weighted by Gasteiger charge is -2.23. The number of ether oxygens (including phenoxy) is 1. The van der Waals surface area contributed by atoms with E-state index in [1.165, 1.54) is 11.0 Å². The highest BCUT2D eigenvalue weighted by molar-refractivity contribution is 5.69. The molecule has 0 fully saturated rings. The van der Waals surface area contributed by atoms with Gasteiger partial charge in [0.1, 0.15) is 11.4 Å². The number of rotatable bonds is 0. The molecule has 0 aliphatic carbocycles. The van der Waals surface area contributed by atoms with Gasteiger partial charge >= 0.3 is 6.09 Å². The zero-order chi connectivity index (χ0) is 12.6. The highest BCUT2D eigenvalue weighted by Crippen LogP contribution is 2.23. The molecule has 17 heavy (non-hydrogen) atoms. The number of carbonyl (C=O) groups is 1. The highest BCUT2D eigenvalue weighted by Gasteiger charge is 2.28. The Morgan fingerprint density at radius 3 is 2.82 bits per heavy atom. The Morgan fingerprint density at radius 1 is 1.47 bits per heavy atom. The molecule has 0 saturated carbocycles. The van der Waals surface area contributed by atoms with E-state index in [1.54, 1.807) is 0 Å². The molecular formula is C12H15FN2O2. The van der Waals surface area contributed by atoms with Crippen molar-refractivity contribution >= 4 is 6.09 Å². The van der Waals surface area contributed by atoms with E-state index in [9.17, 15) is 9.18 Å². The Labute approximate surface area is 99.4 Å². The molecule has 0 aromatic carbocycles. The van der Waals surface area contributed by atoms with Crippen LogP contribution in [0.4, 0.5) is 9.18 Å². The monoisotopic (exact) mass is 238 g/mol. The zero-order valence-corrected chi connectivity index (χ0v) is 10.2. The second kappa shape index (κ2) is 3.98. The molecule has 0 spiro atoms. The third kappa shape index (κ3) is 2.72. The van der Waals surface area contributed by atoms with Crippen LogP contribution in [0, 0.1) is 5.82 Å². The molecule has 1 aromatic rings. The Hall–Kier alpha value is -1.65. The minimum atomic E-state index is -0.523. The second-order valence-electron chi connectivity index (χ2n) is 5.10. The maximum Gasteiger partial charge on any atom is 0.410 e. The number of fused-ring (bicyclic) bond motifs is 1. The first-order valence-corrected chi connectivity index (χ1v) is 5.46. The first-order chi connectivity index (χ1) is 7.85. The minimum Gasteiger partial charge on any atom is -0.444 e. The van der Waals surface area contributed by atoms with E-state index in [0.29, 0.717) is 13.1 Å². The summed E-state index contributed by atoms with van der Waals surface area (Å²) in [5.74, 6) is -0.380. The predicted molar refractivity (Wildman–Crippen MR) is 59.7 cm³/mol. The summed E-state index contributed by atoms with van der Waals surface area (Å²) in [6.07, 6.45) is 0.771. The number of nitrogens with zero attached hydrogens (tertiary/aromatic N) is 2. The Balaban J connectivity index is 2.07. The van der Waals surface area contributed by atoms with Crippen molar-refractivity contribution in [3.05, 3.63) is 29.3 Å². The second-order valence-corrected chi connectivity index (χ2v) is 5.10. The Kier molecular flexibility index (Phi) is 2.77. The van der Waals surface area contributed by atoms with Crippen LogP contribution >= 0.6 is 0 Å². The summed E-state index contributed by atoms with van der Waals surface area (Å²) in [6.45, 7) is 6.17. The number of aromatic nitrogens is 1. The van der Waals surface area contributed by atoms with Crippen molar-refractivity contribution in [2.75, 3.05) is 0 Å². The van der Waals surface area contributed by atoms with Crippen LogP contribution < -0.4 is 0 Å². The molecule has 92 valence electrons. The van der Waals surface area contributed by atoms with Gasteiger partial charge in [-0.1, -0.05) is 0 Å². The summed E-state index contributed by atoms with van der Waals surface area (Å²) >= 11 is 0. The van der Waals surface area contributed by atoms with Crippen molar-refractivity contribution in [3.63, 3.8) is 0 Å². The predicted octanol–water partition coefficient (Wildman–Crippen LogP) is 2.47. The van der Waals surface area contributed by atoms with Crippen molar-refractivity contribution < 1.29 is 13.9 Å². The lowest BCUT2D eigenvalue weighted by molar-refractivity contribution is 0.0240. The van der Waals surface area contributed by atoms with Crippen LogP contribution in [-0.2, 0) is 17.8 Å². The van der Waals surface area contributed by atoms with Crippen molar-refractivity contribution in [1.29, 1.82) is 0 Å². The number of amides is 1. The van der Waals surface area contributed by atoms with Crippen LogP contribution in [0.25, 0.3) is 0 Å². The molecule has 4 nitrogen and oxygen atoms in total. The fourth-order valence-electron chi connectivity index (χ4n) is 1.69. The Morgan fingerprint density at radius 2 is 2.18 bits per heavy atom. The van der Waals surface area contributed by atoms with Crippen molar-refractivity contribution in [2.24, 2.45) is 0 Å². The first kappa shape index (κ1) is 11.8. The molecule has 0 atom stereocenters. The average molecular weight is 238 g/mol. The molecule has 0 saturated heterocycles. The number of pyridine rings is 1. The van der Waals surface area contributed by atoms with E-state index in [2.05, 4.69) is 4.98 Å². The molecule has 1 aliphatic heterocycles. The minimum absolute atomic E-state index is 0.356. The highest BCUT2D eigenvalue weighted by atomic mass is 19.1. The number of halogens is 1. The fourth-order valence-corrected chi connectivity index (χ4v) is 1.69. The standard InChI is InChI=1S/C12H15FN2O2/c1-12(2,3)17-11(16)15-6-8-4-9(13)5-14-10(8)7-15/h4-5H,6-7H2,1-3H3. The van der Waals surface area contributed by atoms with Gasteiger partial charge in [-0.2, -0.15) is 0 Å². The van der Waals surface area contributed by atoms with Gasteiger partial charge in [-0.15, -0.1) is 0 Å². The molecule has 5 heteroatoms. The van der Waals surface area contributed by atoms with Gasteiger partial charge in [-0.05, 0) is 32.4 Å². The summed E-state index contributed by atoms with van der Waals surface area (Å²) in [7, 11) is 0. The number of hydrogen-bond donors (Lipinski definition) is 0. The van der Waals surface area contributed by atoms with Crippen molar-refractivity contribution in [2.45, 2.75) is 39.5 Å². The van der Waals surface area contributed by atoms with Crippen LogP contribution in [-0.4, -0.2) is 21.6 Å². The number of hydrogen-bond acceptors (Lipinski definition) is 3. The molecule has 0 unspecified atom stereocenters. The third-order valence-corrected chi connectivity index (χ3v) is 2.38. The molecule has 0 bridgehead atoms. The molecule has 0 N–H and O–H groups in total. The van der Waals surface area contributed by atoms with E-state index < -0.39 is 11.7 Å². The lowest BCUT2D eigenvalue weighted by atomic mass is 10.2. The maximum absolute atomic E-state index is 13.0. The van der Waals surface area contributed by atoms with Crippen LogP contribution in [0.2, 0.25) is 0 Å². The van der Waals surface area contributed by atoms with Gasteiger partial charge in [0.2, 0.25) is 0 Å². The molecule has 0 radical (unpaired) electrons. The number of carbonyl (C=O) groups excluding carboxylic acids is 1. The SMILES string of the molecule is CC(C)(C)OC(=O)N1Cc2cc(F)cnc2C1. The summed E-state index contributed by atoms with van der Waals surface area (Å²) < 4.78 is 18.2. The average Bonchev–Trinajstić information content (AvgIpc) is 2.57. The van der Waals surface area contributed by atoms with Gasteiger partial charge in [0, 0.05) is 0 Å². The maximum atomic E-state index is 13.0. The molecule has 1 aliphatic rings. The summed E-state index contributed by atoms with van der Waals surface area (Å²) in [5, 5.41) is 0. The normalized spacial score (nSPS) is 14.7. The quantitative estimate of drug-likeness (QED) is 0.697. The van der Waals surface area contributed by atoms with Crippen molar-refractivity contribution in [3.8, 4) is 0 Å². The van der Waals surface area contributed by atoms with Crippen LogP contribution in [0.1, 0.15) is 32.0 Å². The van der Waals surface area contributed by atoms with Gasteiger partial charge < -0.3 is 4.74 Å². The van der Waals surface area contributed by atoms with Crippen molar-refractivity contribution in [1.82, 2.24) is 9.88 Å². The molecule has 1 amide bonds. The summed E-state index contributed by atoms with van der Waals surface area (Å²) in [4.78, 5) is 17.3. The van der Waals surface area contributed by atoms with E-state index in [4.69, 9.17) is 4.74 Å². The van der Waals surface area contributed by atoms with Gasteiger partial charge in [0.25, 0.3) is 0 Å². The smallest absolute Gasteiger partial charge is 0.410 e. The van der Waals surface area contributed by atoms with E-state index >= 15 is 0 Å². The van der Waals surface area contributed by atoms with E-state index in [-0.39, 0.29) is 5.82 Å². The zero-order valence-electron chi connectivity index (χ0n) is 10.2. The third-order valence-electron chi connectivity index (χ3n) is 2.38. The van der Waals surface area contributed by atoms with Gasteiger partial charge in [0.05, 0.1) is 25.0 Å². The van der Waals surface area contributed by atoms with Gasteiger partial charge in [0.15, 0.2) is 0 Å². The van der Waals surface area contributed by atoms with Gasteiger partial charge in [-0.3, -0.25) is 9.88 Å². The molecule has 1 aromatic heterocycles. The summed E-state index contributed by atoms with van der Waals surface area (Å²) in [5.41, 5.74) is 0.956. The molecule has 2 heterocycles. The largest absolute Gasteiger partial charge is 0.444 e. The molecule has 2 rings (SSSR count). The van der Waals surface area contributed by atoms with Crippen LogP contribution in [0.5, 0.6) is 0 Å². The topological polar surface area (TPSA) is 42.4 Å². The lowest BCUT2D eigenvalue weighted by Crippen LogP contribution is -2.33. The van der Waals surface area contributed by atoms with Crippen LogP contribution in [0.15, 0.2) is 12.3 Å². The Bertz CT molecular complexity index is 454. The van der Waals surface area contributed by atoms with E-state index in [1.807, 2.05) is 20.8 Å². The van der Waals surface area contributed by atoms with E-state index in [0.717, 1.165) is 17.5 Å². The molecular weight excluding hydrogens is 223 g/mol.